The van der Waals surface area contributed by atoms with E-state index in [1.165, 1.54) is 28.0 Å². The predicted octanol–water partition coefficient (Wildman–Crippen LogP) is 4.14. The number of benzene rings is 2. The second-order valence-corrected chi connectivity index (χ2v) is 8.49. The molecule has 5 nitrogen and oxygen atoms in total. The van der Waals surface area contributed by atoms with Gasteiger partial charge in [0.05, 0.1) is 16.8 Å². The number of amides is 1. The minimum Gasteiger partial charge on any atom is -0.369 e. The molecule has 2 aromatic heterocycles. The number of halogens is 1. The molecule has 2 N–H and O–H groups in total. The van der Waals surface area contributed by atoms with Crippen LogP contribution in [-0.2, 0) is 4.79 Å². The van der Waals surface area contributed by atoms with Gasteiger partial charge < -0.3 is 5.73 Å². The Kier molecular flexibility index (Phi) is 5.21. The third-order valence-corrected chi connectivity index (χ3v) is 6.32. The fourth-order valence-electron chi connectivity index (χ4n) is 3.14. The van der Waals surface area contributed by atoms with Crippen LogP contribution in [0.4, 0.5) is 4.39 Å². The van der Waals surface area contributed by atoms with Gasteiger partial charge in [-0.2, -0.15) is 0 Å². The highest BCUT2D eigenvalue weighted by atomic mass is 32.2. The summed E-state index contributed by atoms with van der Waals surface area (Å²) in [6.07, 6.45) is 0. The van der Waals surface area contributed by atoms with Gasteiger partial charge in [-0.1, -0.05) is 42.1 Å². The second-order valence-electron chi connectivity index (χ2n) is 6.35. The molecular formula is C21H16FN3O2S2. The molecule has 4 aromatic rings. The van der Waals surface area contributed by atoms with Crippen molar-refractivity contribution >= 4 is 39.2 Å². The Hall–Kier alpha value is -2.97. The maximum absolute atomic E-state index is 13.6. The van der Waals surface area contributed by atoms with E-state index in [1.807, 2.05) is 25.1 Å². The minimum atomic E-state index is -0.488. The maximum atomic E-state index is 13.6. The minimum absolute atomic E-state index is 0.0138. The Morgan fingerprint density at radius 3 is 2.52 bits per heavy atom. The van der Waals surface area contributed by atoms with E-state index in [4.69, 9.17) is 5.73 Å². The molecule has 0 saturated heterocycles. The number of para-hydroxylation sites is 1. The Bertz CT molecular complexity index is 1270. The maximum Gasteiger partial charge on any atom is 0.268 e. The molecule has 146 valence electrons. The molecule has 0 unspecified atom stereocenters. The van der Waals surface area contributed by atoms with Gasteiger partial charge >= 0.3 is 0 Å². The van der Waals surface area contributed by atoms with Crippen LogP contribution in [0, 0.1) is 12.7 Å². The van der Waals surface area contributed by atoms with E-state index in [0.29, 0.717) is 21.1 Å². The van der Waals surface area contributed by atoms with E-state index in [-0.39, 0.29) is 17.1 Å². The van der Waals surface area contributed by atoms with Crippen LogP contribution >= 0.6 is 23.1 Å². The lowest BCUT2D eigenvalue weighted by molar-refractivity contribution is -0.115. The van der Waals surface area contributed by atoms with Crippen molar-refractivity contribution < 1.29 is 9.18 Å². The lowest BCUT2D eigenvalue weighted by atomic mass is 10.0. The third kappa shape index (κ3) is 3.68. The molecule has 0 aliphatic rings. The molecule has 0 aliphatic heterocycles. The standard InChI is InChI=1S/C21H16FN3O2S2/c1-12-17(13-7-9-14(22)10-8-13)18-19(29-12)24-21(28-11-16(23)26)25(20(18)27)15-5-3-2-4-6-15/h2-10H,11H2,1H3,(H2,23,26). The highest BCUT2D eigenvalue weighted by Crippen LogP contribution is 2.37. The molecule has 0 saturated carbocycles. The van der Waals surface area contributed by atoms with Crippen molar-refractivity contribution in [2.75, 3.05) is 5.75 Å². The molecule has 0 aliphatic carbocycles. The molecule has 0 fully saturated rings. The molecule has 0 radical (unpaired) electrons. The first-order chi connectivity index (χ1) is 14.0. The highest BCUT2D eigenvalue weighted by Gasteiger charge is 2.21. The molecule has 0 atom stereocenters. The number of rotatable bonds is 5. The van der Waals surface area contributed by atoms with E-state index in [0.717, 1.165) is 27.8 Å². The van der Waals surface area contributed by atoms with Gasteiger partial charge in [-0.3, -0.25) is 14.2 Å². The summed E-state index contributed by atoms with van der Waals surface area (Å²) < 4.78 is 14.9. The molecule has 2 aromatic carbocycles. The first-order valence-electron chi connectivity index (χ1n) is 8.74. The molecule has 1 amide bonds. The number of aryl methyl sites for hydroxylation is 1. The van der Waals surface area contributed by atoms with Gasteiger partial charge in [-0.05, 0) is 36.8 Å². The number of hydrogen-bond donors (Lipinski definition) is 1. The summed E-state index contributed by atoms with van der Waals surface area (Å²) in [4.78, 5) is 31.0. The summed E-state index contributed by atoms with van der Waals surface area (Å²) in [5, 5.41) is 0.880. The number of primary amides is 1. The van der Waals surface area contributed by atoms with Crippen LogP contribution in [0.5, 0.6) is 0 Å². The van der Waals surface area contributed by atoms with Gasteiger partial charge in [0.2, 0.25) is 5.91 Å². The summed E-state index contributed by atoms with van der Waals surface area (Å²) in [6.45, 7) is 1.91. The van der Waals surface area contributed by atoms with E-state index >= 15 is 0 Å². The normalized spacial score (nSPS) is 11.1. The van der Waals surface area contributed by atoms with Crippen LogP contribution in [0.2, 0.25) is 0 Å². The monoisotopic (exact) mass is 425 g/mol. The Morgan fingerprint density at radius 2 is 1.86 bits per heavy atom. The van der Waals surface area contributed by atoms with Crippen LogP contribution in [0.3, 0.4) is 0 Å². The van der Waals surface area contributed by atoms with Crippen molar-refractivity contribution in [3.63, 3.8) is 0 Å². The van der Waals surface area contributed by atoms with Crippen molar-refractivity contribution in [3.05, 3.63) is 75.6 Å². The van der Waals surface area contributed by atoms with Crippen molar-refractivity contribution in [2.45, 2.75) is 12.1 Å². The van der Waals surface area contributed by atoms with Crippen molar-refractivity contribution in [1.82, 2.24) is 9.55 Å². The number of thioether (sulfide) groups is 1. The number of hydrogen-bond acceptors (Lipinski definition) is 5. The quantitative estimate of drug-likeness (QED) is 0.385. The number of nitrogens with zero attached hydrogens (tertiary/aromatic N) is 2. The average Bonchev–Trinajstić information content (AvgIpc) is 3.04. The number of thiophene rings is 1. The Labute approximate surface area is 174 Å². The summed E-state index contributed by atoms with van der Waals surface area (Å²) in [5.41, 5.74) is 7.20. The summed E-state index contributed by atoms with van der Waals surface area (Å²) in [5.74, 6) is -0.811. The van der Waals surface area contributed by atoms with Crippen LogP contribution in [0.25, 0.3) is 27.0 Å². The number of aromatic nitrogens is 2. The van der Waals surface area contributed by atoms with Crippen LogP contribution in [0.15, 0.2) is 64.5 Å². The number of nitrogens with two attached hydrogens (primary N) is 1. The number of fused-ring (bicyclic) bond motifs is 1. The van der Waals surface area contributed by atoms with Crippen LogP contribution in [0.1, 0.15) is 4.88 Å². The fourth-order valence-corrected chi connectivity index (χ4v) is 4.98. The van der Waals surface area contributed by atoms with E-state index in [9.17, 15) is 14.0 Å². The number of carbonyl (C=O) groups excluding carboxylic acids is 1. The van der Waals surface area contributed by atoms with Gasteiger partial charge in [-0.25, -0.2) is 9.37 Å². The molecule has 8 heteroatoms. The first kappa shape index (κ1) is 19.4. The van der Waals surface area contributed by atoms with E-state index < -0.39 is 5.91 Å². The zero-order chi connectivity index (χ0) is 20.5. The SMILES string of the molecule is Cc1sc2nc(SCC(N)=O)n(-c3ccccc3)c(=O)c2c1-c1ccc(F)cc1. The first-order valence-corrected chi connectivity index (χ1v) is 10.5. The topological polar surface area (TPSA) is 78.0 Å². The van der Waals surface area contributed by atoms with Gasteiger partial charge in [0.25, 0.3) is 5.56 Å². The van der Waals surface area contributed by atoms with Gasteiger partial charge in [0.1, 0.15) is 10.6 Å². The fraction of sp³-hybridized carbons (Fsp3) is 0.0952. The third-order valence-electron chi connectivity index (χ3n) is 4.36. The Morgan fingerprint density at radius 1 is 1.17 bits per heavy atom. The van der Waals surface area contributed by atoms with E-state index in [2.05, 4.69) is 4.98 Å². The van der Waals surface area contributed by atoms with Gasteiger partial charge in [0.15, 0.2) is 5.16 Å². The highest BCUT2D eigenvalue weighted by molar-refractivity contribution is 7.99. The van der Waals surface area contributed by atoms with Crippen LogP contribution in [-0.4, -0.2) is 21.2 Å². The predicted molar refractivity (Wildman–Crippen MR) is 115 cm³/mol. The summed E-state index contributed by atoms with van der Waals surface area (Å²) >= 11 is 2.52. The van der Waals surface area contributed by atoms with Crippen molar-refractivity contribution in [3.8, 4) is 16.8 Å². The smallest absolute Gasteiger partial charge is 0.268 e. The van der Waals surface area contributed by atoms with E-state index in [1.54, 1.807) is 24.3 Å². The second kappa shape index (κ2) is 7.81. The molecule has 2 heterocycles. The molecular weight excluding hydrogens is 409 g/mol. The molecule has 4 rings (SSSR count). The van der Waals surface area contributed by atoms with Gasteiger partial charge in [-0.15, -0.1) is 11.3 Å². The average molecular weight is 426 g/mol. The van der Waals surface area contributed by atoms with Crippen molar-refractivity contribution in [2.24, 2.45) is 5.73 Å². The zero-order valence-electron chi connectivity index (χ0n) is 15.4. The summed E-state index contributed by atoms with van der Waals surface area (Å²) in [6, 6.07) is 15.2. The largest absolute Gasteiger partial charge is 0.369 e. The molecule has 29 heavy (non-hydrogen) atoms. The Balaban J connectivity index is 2.02. The molecule has 0 spiro atoms. The molecule has 0 bridgehead atoms. The van der Waals surface area contributed by atoms with Crippen LogP contribution < -0.4 is 11.3 Å². The lowest BCUT2D eigenvalue weighted by Crippen LogP contribution is -2.22. The van der Waals surface area contributed by atoms with Crippen molar-refractivity contribution in [1.29, 1.82) is 0 Å². The van der Waals surface area contributed by atoms with Gasteiger partial charge in [0, 0.05) is 10.4 Å². The lowest BCUT2D eigenvalue weighted by Gasteiger charge is -2.12. The zero-order valence-corrected chi connectivity index (χ0v) is 17.0. The number of carbonyl (C=O) groups is 1. The summed E-state index contributed by atoms with van der Waals surface area (Å²) in [7, 11) is 0.